The highest BCUT2D eigenvalue weighted by Gasteiger charge is 2.30. The van der Waals surface area contributed by atoms with Crippen LogP contribution < -0.4 is 15.8 Å². The van der Waals surface area contributed by atoms with E-state index in [-0.39, 0.29) is 5.75 Å². The van der Waals surface area contributed by atoms with Crippen molar-refractivity contribution < 1.29 is 22.7 Å². The van der Waals surface area contributed by atoms with Gasteiger partial charge in [0.2, 0.25) is 5.91 Å². The number of ether oxygens (including phenoxy) is 1. The Morgan fingerprint density at radius 2 is 2.00 bits per heavy atom. The summed E-state index contributed by atoms with van der Waals surface area (Å²) in [5.74, 6) is -0.801. The van der Waals surface area contributed by atoms with Gasteiger partial charge in [0.25, 0.3) is 0 Å². The number of alkyl halides is 3. The maximum absolute atomic E-state index is 11.9. The molecule has 0 spiro atoms. The second-order valence-electron chi connectivity index (χ2n) is 3.69. The van der Waals surface area contributed by atoms with E-state index in [2.05, 4.69) is 16.6 Å². The molecule has 0 aliphatic rings. The lowest BCUT2D eigenvalue weighted by Gasteiger charge is -2.12. The van der Waals surface area contributed by atoms with Gasteiger partial charge in [0, 0.05) is 5.69 Å². The highest BCUT2D eigenvalue weighted by atomic mass is 19.4. The van der Waals surface area contributed by atoms with Gasteiger partial charge in [0.05, 0.1) is 6.04 Å². The third kappa shape index (κ3) is 5.43. The van der Waals surface area contributed by atoms with Gasteiger partial charge in [0.15, 0.2) is 0 Å². The third-order valence-corrected chi connectivity index (χ3v) is 2.11. The summed E-state index contributed by atoms with van der Waals surface area (Å²) in [5, 5.41) is 2.47. The Balaban J connectivity index is 2.62. The average molecular weight is 274 g/mol. The number of amides is 1. The van der Waals surface area contributed by atoms with E-state index in [9.17, 15) is 18.0 Å². The lowest BCUT2D eigenvalue weighted by Crippen LogP contribution is -2.35. The summed E-state index contributed by atoms with van der Waals surface area (Å²) < 4.78 is 39.5. The van der Waals surface area contributed by atoms with Crippen LogP contribution in [-0.2, 0) is 4.79 Å². The number of carbonyl (C=O) groups is 1. The summed E-state index contributed by atoms with van der Waals surface area (Å²) in [6, 6.07) is 4.03. The quantitative estimate of drug-likeness (QED) is 0.810. The number of nitrogens with two attached hydrogens (primary N) is 1. The number of hydrogen-bond acceptors (Lipinski definition) is 3. The molecule has 0 heterocycles. The Bertz CT molecular complexity index is 443. The second kappa shape index (κ2) is 6.24. The Labute approximate surface area is 108 Å². The minimum atomic E-state index is -4.74. The van der Waals surface area contributed by atoms with Crippen LogP contribution in [0.25, 0.3) is 0 Å². The first-order valence-corrected chi connectivity index (χ1v) is 5.35. The lowest BCUT2D eigenvalue weighted by molar-refractivity contribution is -0.274. The number of anilines is 1. The van der Waals surface area contributed by atoms with Crippen LogP contribution in [0, 0.1) is 0 Å². The van der Waals surface area contributed by atoms with Crippen molar-refractivity contribution in [2.24, 2.45) is 5.73 Å². The van der Waals surface area contributed by atoms with Crippen LogP contribution in [-0.4, -0.2) is 18.3 Å². The molecular formula is C12H13F3N2O2. The molecule has 0 aliphatic heterocycles. The fourth-order valence-corrected chi connectivity index (χ4v) is 1.26. The van der Waals surface area contributed by atoms with Crippen molar-refractivity contribution in [3.63, 3.8) is 0 Å². The van der Waals surface area contributed by atoms with Crippen LogP contribution in [0.1, 0.15) is 6.42 Å². The normalized spacial score (nSPS) is 12.6. The zero-order valence-electron chi connectivity index (χ0n) is 9.91. The zero-order valence-corrected chi connectivity index (χ0v) is 9.91. The van der Waals surface area contributed by atoms with Gasteiger partial charge in [-0.1, -0.05) is 6.08 Å². The van der Waals surface area contributed by atoms with Gasteiger partial charge < -0.3 is 15.8 Å². The molecule has 1 atom stereocenters. The summed E-state index contributed by atoms with van der Waals surface area (Å²) in [4.78, 5) is 11.5. The van der Waals surface area contributed by atoms with E-state index in [1.165, 1.54) is 18.2 Å². The fraction of sp³-hybridized carbons (Fsp3) is 0.250. The molecule has 0 aliphatic carbocycles. The van der Waals surface area contributed by atoms with Crippen LogP contribution in [0.4, 0.5) is 18.9 Å². The van der Waals surface area contributed by atoms with Crippen molar-refractivity contribution in [2.75, 3.05) is 5.32 Å². The smallest absolute Gasteiger partial charge is 0.406 e. The van der Waals surface area contributed by atoms with Gasteiger partial charge in [-0.3, -0.25) is 4.79 Å². The van der Waals surface area contributed by atoms with Crippen molar-refractivity contribution >= 4 is 11.6 Å². The monoisotopic (exact) mass is 274 g/mol. The molecule has 4 nitrogen and oxygen atoms in total. The minimum absolute atomic E-state index is 0.307. The molecular weight excluding hydrogens is 261 g/mol. The van der Waals surface area contributed by atoms with Crippen molar-refractivity contribution in [3.05, 3.63) is 36.9 Å². The summed E-state index contributed by atoms with van der Waals surface area (Å²) in [7, 11) is 0. The largest absolute Gasteiger partial charge is 0.573 e. The molecule has 0 saturated carbocycles. The van der Waals surface area contributed by atoms with Crippen molar-refractivity contribution in [1.29, 1.82) is 0 Å². The minimum Gasteiger partial charge on any atom is -0.406 e. The molecule has 1 aromatic carbocycles. The van der Waals surface area contributed by atoms with Crippen LogP contribution in [0.15, 0.2) is 36.9 Å². The SMILES string of the molecule is C=CCC(N)C(=O)Nc1ccc(OC(F)(F)F)cc1. The molecule has 1 rings (SSSR count). The van der Waals surface area contributed by atoms with E-state index in [1.807, 2.05) is 0 Å². The first kappa shape index (κ1) is 15.0. The van der Waals surface area contributed by atoms with E-state index in [1.54, 1.807) is 0 Å². The Hall–Kier alpha value is -2.02. The van der Waals surface area contributed by atoms with Crippen molar-refractivity contribution in [3.8, 4) is 5.75 Å². The number of hydrogen-bond donors (Lipinski definition) is 2. The van der Waals surface area contributed by atoms with Gasteiger partial charge in [-0.2, -0.15) is 0 Å². The Morgan fingerprint density at radius 1 is 1.42 bits per heavy atom. The van der Waals surface area contributed by atoms with Gasteiger partial charge in [-0.05, 0) is 30.7 Å². The molecule has 1 amide bonds. The fourth-order valence-electron chi connectivity index (χ4n) is 1.26. The predicted octanol–water partition coefficient (Wildman–Crippen LogP) is 2.43. The summed E-state index contributed by atoms with van der Waals surface area (Å²) >= 11 is 0. The number of benzene rings is 1. The molecule has 3 N–H and O–H groups in total. The molecule has 19 heavy (non-hydrogen) atoms. The van der Waals surface area contributed by atoms with E-state index in [0.29, 0.717) is 12.1 Å². The van der Waals surface area contributed by atoms with Gasteiger partial charge in [-0.15, -0.1) is 19.8 Å². The predicted molar refractivity (Wildman–Crippen MR) is 64.5 cm³/mol. The van der Waals surface area contributed by atoms with E-state index < -0.39 is 18.3 Å². The first-order valence-electron chi connectivity index (χ1n) is 5.35. The second-order valence-corrected chi connectivity index (χ2v) is 3.69. The average Bonchev–Trinajstić information content (AvgIpc) is 2.30. The zero-order chi connectivity index (χ0) is 14.5. The number of rotatable bonds is 5. The van der Waals surface area contributed by atoms with Gasteiger partial charge in [-0.25, -0.2) is 0 Å². The highest BCUT2D eigenvalue weighted by molar-refractivity contribution is 5.94. The standard InChI is InChI=1S/C12H13F3N2O2/c1-2-3-10(16)11(18)17-8-4-6-9(7-5-8)19-12(13,14)15/h2,4-7,10H,1,3,16H2,(H,17,18). The molecule has 0 aromatic heterocycles. The Morgan fingerprint density at radius 3 is 2.47 bits per heavy atom. The highest BCUT2D eigenvalue weighted by Crippen LogP contribution is 2.23. The van der Waals surface area contributed by atoms with E-state index >= 15 is 0 Å². The van der Waals surface area contributed by atoms with E-state index in [0.717, 1.165) is 12.1 Å². The van der Waals surface area contributed by atoms with Crippen LogP contribution >= 0.6 is 0 Å². The lowest BCUT2D eigenvalue weighted by atomic mass is 10.2. The van der Waals surface area contributed by atoms with E-state index in [4.69, 9.17) is 5.73 Å². The number of halogens is 3. The molecule has 0 bridgehead atoms. The first-order chi connectivity index (χ1) is 8.81. The van der Waals surface area contributed by atoms with Crippen LogP contribution in [0.5, 0.6) is 5.75 Å². The van der Waals surface area contributed by atoms with Crippen LogP contribution in [0.2, 0.25) is 0 Å². The molecule has 0 radical (unpaired) electrons. The maximum atomic E-state index is 11.9. The molecule has 7 heteroatoms. The molecule has 0 saturated heterocycles. The molecule has 1 unspecified atom stereocenters. The Kier molecular flexibility index (Phi) is 4.94. The van der Waals surface area contributed by atoms with Crippen LogP contribution in [0.3, 0.4) is 0 Å². The third-order valence-electron chi connectivity index (χ3n) is 2.11. The van der Waals surface area contributed by atoms with Gasteiger partial charge >= 0.3 is 6.36 Å². The van der Waals surface area contributed by atoms with Crippen molar-refractivity contribution in [2.45, 2.75) is 18.8 Å². The summed E-state index contributed by atoms with van der Waals surface area (Å²) in [6.45, 7) is 3.45. The summed E-state index contributed by atoms with van der Waals surface area (Å²) in [5.41, 5.74) is 5.86. The van der Waals surface area contributed by atoms with Gasteiger partial charge in [0.1, 0.15) is 5.75 Å². The number of nitrogens with one attached hydrogen (secondary N) is 1. The number of carbonyl (C=O) groups excluding carboxylic acids is 1. The molecule has 0 fully saturated rings. The van der Waals surface area contributed by atoms with Crippen molar-refractivity contribution in [1.82, 2.24) is 0 Å². The molecule has 1 aromatic rings. The topological polar surface area (TPSA) is 64.4 Å². The maximum Gasteiger partial charge on any atom is 0.573 e. The molecule has 104 valence electrons. The summed E-state index contributed by atoms with van der Waals surface area (Å²) in [6.07, 6.45) is -2.93.